The Labute approximate surface area is 194 Å². The SMILES string of the molecule is CCCCCCCC(F)(F)C(F)(F)C(F)(F)C(F)(F)C(F)(F)C(F)(F)C(F)(F)C(=O)[O-].[Na+]. The van der Waals surface area contributed by atoms with Gasteiger partial charge in [0.15, 0.2) is 0 Å². The van der Waals surface area contributed by atoms with E-state index in [1.165, 1.54) is 0 Å². The van der Waals surface area contributed by atoms with Crippen molar-refractivity contribution < 1.29 is 101 Å². The fourth-order valence-electron chi connectivity index (χ4n) is 2.25. The third kappa shape index (κ3) is 5.26. The average molecular weight is 516 g/mol. The van der Waals surface area contributed by atoms with E-state index in [1.54, 1.807) is 6.92 Å². The number of unbranched alkanes of at least 4 members (excludes halogenated alkanes) is 4. The van der Waals surface area contributed by atoms with E-state index in [9.17, 15) is 71.4 Å². The molecule has 17 heteroatoms. The first-order chi connectivity index (χ1) is 13.5. The summed E-state index contributed by atoms with van der Waals surface area (Å²) in [5.74, 6) is -57.8. The van der Waals surface area contributed by atoms with E-state index >= 15 is 0 Å². The summed E-state index contributed by atoms with van der Waals surface area (Å²) in [5.41, 5.74) is 0. The average Bonchev–Trinajstić information content (AvgIpc) is 2.60. The number of alkyl halides is 14. The van der Waals surface area contributed by atoms with Gasteiger partial charge in [-0.1, -0.05) is 32.6 Å². The van der Waals surface area contributed by atoms with Crippen molar-refractivity contribution in [2.45, 2.75) is 86.9 Å². The van der Waals surface area contributed by atoms with Crippen LogP contribution in [0.2, 0.25) is 0 Å². The molecule has 0 bridgehead atoms. The summed E-state index contributed by atoms with van der Waals surface area (Å²) in [5, 5.41) is 9.87. The van der Waals surface area contributed by atoms with Crippen LogP contribution >= 0.6 is 0 Å². The summed E-state index contributed by atoms with van der Waals surface area (Å²) < 4.78 is 186. The second-order valence-corrected chi connectivity index (χ2v) is 6.60. The molecule has 0 radical (unpaired) electrons. The third-order valence-electron chi connectivity index (χ3n) is 4.28. The monoisotopic (exact) mass is 516 g/mol. The van der Waals surface area contributed by atoms with Crippen LogP contribution in [0.5, 0.6) is 0 Å². The summed E-state index contributed by atoms with van der Waals surface area (Å²) in [6.07, 6.45) is -2.53. The van der Waals surface area contributed by atoms with E-state index < -0.39 is 60.3 Å². The molecular formula is C15H15F14NaO2. The van der Waals surface area contributed by atoms with Gasteiger partial charge < -0.3 is 9.90 Å². The Morgan fingerprint density at radius 2 is 0.938 bits per heavy atom. The van der Waals surface area contributed by atoms with Crippen LogP contribution in [0.4, 0.5) is 61.5 Å². The van der Waals surface area contributed by atoms with Crippen molar-refractivity contribution in [3.8, 4) is 0 Å². The Balaban J connectivity index is 0. The van der Waals surface area contributed by atoms with E-state index in [2.05, 4.69) is 0 Å². The zero-order chi connectivity index (χ0) is 25.3. The molecule has 0 aliphatic heterocycles. The summed E-state index contributed by atoms with van der Waals surface area (Å²) in [6, 6.07) is 0. The Morgan fingerprint density at radius 1 is 0.594 bits per heavy atom. The van der Waals surface area contributed by atoms with Crippen LogP contribution in [0.1, 0.15) is 45.4 Å². The van der Waals surface area contributed by atoms with Crippen molar-refractivity contribution in [2.75, 3.05) is 0 Å². The van der Waals surface area contributed by atoms with Crippen LogP contribution in [-0.4, -0.2) is 47.4 Å². The van der Waals surface area contributed by atoms with E-state index in [0.29, 0.717) is 12.8 Å². The van der Waals surface area contributed by atoms with Gasteiger partial charge in [-0.15, -0.1) is 0 Å². The van der Waals surface area contributed by atoms with E-state index in [0.717, 1.165) is 0 Å². The quantitative estimate of drug-likeness (QED) is 0.215. The molecule has 0 aromatic heterocycles. The fraction of sp³-hybridized carbons (Fsp3) is 0.933. The molecule has 0 aliphatic carbocycles. The molecule has 2 nitrogen and oxygen atoms in total. The number of hydrogen-bond donors (Lipinski definition) is 0. The summed E-state index contributed by atoms with van der Waals surface area (Å²) in [6.45, 7) is 1.63. The van der Waals surface area contributed by atoms with Gasteiger partial charge in [-0.3, -0.25) is 0 Å². The molecule has 0 aromatic rings. The smallest absolute Gasteiger partial charge is 0.544 e. The minimum absolute atomic E-state index is 0. The summed E-state index contributed by atoms with van der Waals surface area (Å²) >= 11 is 0. The molecule has 0 fully saturated rings. The van der Waals surface area contributed by atoms with Crippen LogP contribution < -0.4 is 34.7 Å². The zero-order valence-corrected chi connectivity index (χ0v) is 18.4. The molecule has 0 saturated heterocycles. The molecule has 0 unspecified atom stereocenters. The van der Waals surface area contributed by atoms with Crippen molar-refractivity contribution in [3.63, 3.8) is 0 Å². The van der Waals surface area contributed by atoms with Crippen molar-refractivity contribution in [3.05, 3.63) is 0 Å². The first kappa shape index (κ1) is 33.7. The molecule has 0 aromatic carbocycles. The molecule has 0 amide bonds. The Kier molecular flexibility index (Phi) is 10.9. The number of carboxylic acids is 1. The second-order valence-electron chi connectivity index (χ2n) is 6.60. The molecule has 32 heavy (non-hydrogen) atoms. The van der Waals surface area contributed by atoms with E-state index in [-0.39, 0.29) is 42.4 Å². The molecule has 186 valence electrons. The molecule has 0 rings (SSSR count). The molecule has 0 aliphatic rings. The molecular weight excluding hydrogens is 501 g/mol. The Hall–Kier alpha value is -0.510. The number of carbonyl (C=O) groups is 1. The van der Waals surface area contributed by atoms with E-state index in [4.69, 9.17) is 0 Å². The maximum absolute atomic E-state index is 13.5. The minimum Gasteiger partial charge on any atom is -0.544 e. The molecule has 0 saturated carbocycles. The van der Waals surface area contributed by atoms with Gasteiger partial charge in [0.05, 0.1) is 0 Å². The van der Waals surface area contributed by atoms with Gasteiger partial charge >= 0.3 is 71.0 Å². The maximum atomic E-state index is 13.5. The van der Waals surface area contributed by atoms with Crippen molar-refractivity contribution in [1.29, 1.82) is 0 Å². The number of rotatable bonds is 13. The third-order valence-corrected chi connectivity index (χ3v) is 4.28. The fourth-order valence-corrected chi connectivity index (χ4v) is 2.25. The predicted molar refractivity (Wildman–Crippen MR) is 73.0 cm³/mol. The minimum atomic E-state index is -8.27. The van der Waals surface area contributed by atoms with Crippen LogP contribution in [0.3, 0.4) is 0 Å². The summed E-state index contributed by atoms with van der Waals surface area (Å²) in [4.78, 5) is 9.87. The van der Waals surface area contributed by atoms with Gasteiger partial charge in [0.1, 0.15) is 5.97 Å². The van der Waals surface area contributed by atoms with Gasteiger partial charge in [-0.25, -0.2) is 0 Å². The predicted octanol–water partition coefficient (Wildman–Crippen LogP) is 2.55. The van der Waals surface area contributed by atoms with Gasteiger partial charge in [0, 0.05) is 6.42 Å². The first-order valence-electron chi connectivity index (χ1n) is 8.36. The number of carbonyl (C=O) groups excluding carboxylic acids is 1. The van der Waals surface area contributed by atoms with E-state index in [1.807, 2.05) is 0 Å². The topological polar surface area (TPSA) is 40.1 Å². The van der Waals surface area contributed by atoms with Crippen LogP contribution in [0, 0.1) is 0 Å². The van der Waals surface area contributed by atoms with Crippen LogP contribution in [0.15, 0.2) is 0 Å². The van der Waals surface area contributed by atoms with Gasteiger partial charge in [0.25, 0.3) is 0 Å². The number of aliphatic carboxylic acids is 1. The zero-order valence-electron chi connectivity index (χ0n) is 16.4. The molecule has 0 atom stereocenters. The van der Waals surface area contributed by atoms with Crippen LogP contribution in [-0.2, 0) is 4.79 Å². The normalized spacial score (nSPS) is 14.8. The van der Waals surface area contributed by atoms with Gasteiger partial charge in [0.2, 0.25) is 0 Å². The number of halogens is 14. The van der Waals surface area contributed by atoms with Crippen molar-refractivity contribution in [2.24, 2.45) is 0 Å². The molecule has 0 N–H and O–H groups in total. The number of carboxylic acid groups (broad SMARTS) is 1. The van der Waals surface area contributed by atoms with Crippen LogP contribution in [0.25, 0.3) is 0 Å². The Morgan fingerprint density at radius 3 is 1.31 bits per heavy atom. The number of hydrogen-bond acceptors (Lipinski definition) is 2. The maximum Gasteiger partial charge on any atom is 1.00 e. The van der Waals surface area contributed by atoms with Crippen molar-refractivity contribution >= 4 is 5.97 Å². The van der Waals surface area contributed by atoms with Gasteiger partial charge in [-0.2, -0.15) is 61.5 Å². The second kappa shape index (κ2) is 10.4. The first-order valence-corrected chi connectivity index (χ1v) is 8.36. The molecule has 0 spiro atoms. The standard InChI is InChI=1S/C15H16F14O2.Na/c1-2-3-4-5-6-7-9(16,17)11(20,21)13(24,25)15(28,29)14(26,27)12(22,23)10(18,19)8(30)31;/h2-7H2,1H3,(H,30,31);/q;+1/p-1. The van der Waals surface area contributed by atoms with Gasteiger partial charge in [-0.05, 0) is 6.42 Å². The largest absolute Gasteiger partial charge is 1.00 e. The summed E-state index contributed by atoms with van der Waals surface area (Å²) in [7, 11) is 0. The Bertz CT molecular complexity index is 636. The molecule has 0 heterocycles. The van der Waals surface area contributed by atoms with Crippen molar-refractivity contribution in [1.82, 2.24) is 0 Å².